The van der Waals surface area contributed by atoms with Crippen molar-refractivity contribution in [2.75, 3.05) is 11.9 Å². The van der Waals surface area contributed by atoms with Gasteiger partial charge in [0.15, 0.2) is 0 Å². The lowest BCUT2D eigenvalue weighted by atomic mass is 9.99. The highest BCUT2D eigenvalue weighted by atomic mass is 35.5. The van der Waals surface area contributed by atoms with E-state index in [1.165, 1.54) is 12.4 Å². The summed E-state index contributed by atoms with van der Waals surface area (Å²) in [4.78, 5) is 20.6. The predicted molar refractivity (Wildman–Crippen MR) is 140 cm³/mol. The monoisotopic (exact) mass is 496 g/mol. The van der Waals surface area contributed by atoms with Gasteiger partial charge >= 0.3 is 0 Å². The van der Waals surface area contributed by atoms with Crippen molar-refractivity contribution in [3.8, 4) is 11.3 Å². The van der Waals surface area contributed by atoms with Crippen molar-refractivity contribution in [1.29, 1.82) is 0 Å². The average molecular weight is 497 g/mol. The van der Waals surface area contributed by atoms with Crippen LogP contribution in [0.25, 0.3) is 22.2 Å². The summed E-state index contributed by atoms with van der Waals surface area (Å²) in [6.45, 7) is 7.07. The number of halogens is 2. The molecule has 176 valence electrons. The second-order valence-electron chi connectivity index (χ2n) is 8.31. The van der Waals surface area contributed by atoms with Gasteiger partial charge in [0, 0.05) is 41.4 Å². The Morgan fingerprint density at radius 1 is 1.18 bits per heavy atom. The van der Waals surface area contributed by atoms with E-state index in [9.17, 15) is 9.18 Å². The van der Waals surface area contributed by atoms with Crippen molar-refractivity contribution in [3.63, 3.8) is 0 Å². The Balaban J connectivity index is 1.54. The predicted octanol–water partition coefficient (Wildman–Crippen LogP) is 6.64. The van der Waals surface area contributed by atoms with Gasteiger partial charge in [-0.05, 0) is 55.7 Å². The Hall–Kier alpha value is -2.90. The first kappa shape index (κ1) is 24.2. The molecule has 1 N–H and O–H groups in total. The molecule has 0 aliphatic carbocycles. The maximum absolute atomic E-state index is 14.1. The number of fused-ring (bicyclic) bond motifs is 1. The minimum Gasteiger partial charge on any atom is -0.368 e. The van der Waals surface area contributed by atoms with Crippen LogP contribution in [0.3, 0.4) is 0 Å². The van der Waals surface area contributed by atoms with Crippen LogP contribution in [-0.2, 0) is 13.0 Å². The molecule has 8 heteroatoms. The summed E-state index contributed by atoms with van der Waals surface area (Å²) in [5, 5.41) is 4.35. The Labute approximate surface area is 208 Å². The Kier molecular flexibility index (Phi) is 7.24. The lowest BCUT2D eigenvalue weighted by Gasteiger charge is -2.12. The van der Waals surface area contributed by atoms with Gasteiger partial charge in [-0.2, -0.15) is 0 Å². The van der Waals surface area contributed by atoms with Crippen LogP contribution < -0.4 is 5.32 Å². The van der Waals surface area contributed by atoms with E-state index < -0.39 is 0 Å². The minimum atomic E-state index is -0.296. The number of nitrogens with one attached hydrogen (secondary N) is 1. The molecule has 4 aromatic rings. The molecule has 4 rings (SSSR count). The molecule has 0 saturated carbocycles. The molecule has 0 amide bonds. The fourth-order valence-electron chi connectivity index (χ4n) is 4.27. The first-order valence-corrected chi connectivity index (χ1v) is 12.0. The zero-order valence-electron chi connectivity index (χ0n) is 19.3. The molecule has 0 radical (unpaired) electrons. The summed E-state index contributed by atoms with van der Waals surface area (Å²) < 4.78 is 16.2. The molecular formula is C26H26ClFN4OS. The molecule has 0 bridgehead atoms. The molecule has 0 saturated heterocycles. The van der Waals surface area contributed by atoms with Crippen LogP contribution >= 0.6 is 24.2 Å². The van der Waals surface area contributed by atoms with E-state index in [4.69, 9.17) is 11.6 Å². The maximum Gasteiger partial charge on any atom is 0.216 e. The van der Waals surface area contributed by atoms with Gasteiger partial charge in [0.2, 0.25) is 5.12 Å². The topological polar surface area (TPSA) is 59.8 Å². The van der Waals surface area contributed by atoms with E-state index in [0.717, 1.165) is 46.3 Å². The zero-order chi connectivity index (χ0) is 24.4. The largest absolute Gasteiger partial charge is 0.368 e. The maximum atomic E-state index is 14.1. The molecule has 0 fully saturated rings. The first-order chi connectivity index (χ1) is 16.3. The van der Waals surface area contributed by atoms with Crippen molar-refractivity contribution < 1.29 is 9.18 Å². The van der Waals surface area contributed by atoms with Gasteiger partial charge in [-0.3, -0.25) is 4.79 Å². The second kappa shape index (κ2) is 10.2. The van der Waals surface area contributed by atoms with Crippen LogP contribution in [0.1, 0.15) is 40.5 Å². The van der Waals surface area contributed by atoms with Gasteiger partial charge in [0.05, 0.1) is 16.2 Å². The lowest BCUT2D eigenvalue weighted by molar-refractivity contribution is 0.109. The molecule has 2 heterocycles. The van der Waals surface area contributed by atoms with Crippen LogP contribution in [0.2, 0.25) is 5.02 Å². The molecule has 0 atom stereocenters. The third-order valence-corrected chi connectivity index (χ3v) is 6.53. The number of anilines is 1. The molecule has 2 aromatic carbocycles. The number of carbonyl (C=O) groups excluding carboxylic acids is 1. The van der Waals surface area contributed by atoms with E-state index >= 15 is 0 Å². The smallest absolute Gasteiger partial charge is 0.216 e. The van der Waals surface area contributed by atoms with E-state index in [-0.39, 0.29) is 10.9 Å². The highest BCUT2D eigenvalue weighted by Gasteiger charge is 2.15. The first-order valence-electron chi connectivity index (χ1n) is 11.2. The number of aromatic nitrogens is 3. The molecule has 2 aromatic heterocycles. The van der Waals surface area contributed by atoms with Gasteiger partial charge in [0.1, 0.15) is 18.0 Å². The number of benzene rings is 2. The highest BCUT2D eigenvalue weighted by Crippen LogP contribution is 2.31. The minimum absolute atomic E-state index is 0.231. The Bertz CT molecular complexity index is 1390. The summed E-state index contributed by atoms with van der Waals surface area (Å²) in [7, 11) is 0. The lowest BCUT2D eigenvalue weighted by Crippen LogP contribution is -2.12. The fraction of sp³-hybridized carbons (Fsp3) is 0.269. The van der Waals surface area contributed by atoms with E-state index in [1.54, 1.807) is 13.0 Å². The summed E-state index contributed by atoms with van der Waals surface area (Å²) in [6.07, 6.45) is 3.24. The molecule has 5 nitrogen and oxygen atoms in total. The molecular weight excluding hydrogens is 471 g/mol. The summed E-state index contributed by atoms with van der Waals surface area (Å²) in [5.41, 5.74) is 5.73. The van der Waals surface area contributed by atoms with Gasteiger partial charge in [0.25, 0.3) is 0 Å². The van der Waals surface area contributed by atoms with Crippen LogP contribution in [0.4, 0.5) is 10.2 Å². The highest BCUT2D eigenvalue weighted by molar-refractivity contribution is 7.97. The number of hydrogen-bond acceptors (Lipinski definition) is 4. The van der Waals surface area contributed by atoms with Crippen LogP contribution in [0, 0.1) is 19.7 Å². The second-order valence-corrected chi connectivity index (χ2v) is 9.12. The summed E-state index contributed by atoms with van der Waals surface area (Å²) in [5.74, 6) is 0.397. The van der Waals surface area contributed by atoms with Crippen LogP contribution in [0.5, 0.6) is 0 Å². The Morgan fingerprint density at radius 3 is 2.71 bits per heavy atom. The number of rotatable bonds is 8. The Morgan fingerprint density at radius 2 is 1.97 bits per heavy atom. The quantitative estimate of drug-likeness (QED) is 0.268. The van der Waals surface area contributed by atoms with Gasteiger partial charge < -0.3 is 9.88 Å². The number of aryl methyl sites for hydroxylation is 3. The summed E-state index contributed by atoms with van der Waals surface area (Å²) >= 11 is 10.4. The zero-order valence-corrected chi connectivity index (χ0v) is 21.0. The number of hydrogen-bond donors (Lipinski definition) is 2. The summed E-state index contributed by atoms with van der Waals surface area (Å²) in [6, 6.07) is 10.9. The molecule has 0 unspecified atom stereocenters. The molecule has 0 spiro atoms. The van der Waals surface area contributed by atoms with Crippen LogP contribution in [0.15, 0.2) is 42.7 Å². The van der Waals surface area contributed by atoms with Gasteiger partial charge in [-0.15, -0.1) is 12.6 Å². The number of carbonyl (C=O) groups is 1. The van der Waals surface area contributed by atoms with Crippen LogP contribution in [-0.4, -0.2) is 26.2 Å². The molecule has 34 heavy (non-hydrogen) atoms. The van der Waals surface area contributed by atoms with Crippen molar-refractivity contribution >= 4 is 46.1 Å². The third kappa shape index (κ3) is 4.81. The SMILES string of the molecule is CCCc1cc(-c2cc(NCCn3c(C)cc4c(C)c(F)cc(Cl)c43)ncn2)ccc1C(=O)S. The van der Waals surface area contributed by atoms with Gasteiger partial charge in [-0.25, -0.2) is 14.4 Å². The van der Waals surface area contributed by atoms with Gasteiger partial charge in [-0.1, -0.05) is 31.0 Å². The molecule has 0 aliphatic rings. The van der Waals surface area contributed by atoms with E-state index in [0.29, 0.717) is 35.1 Å². The standard InChI is InChI=1S/C26H26ClFN4OS/c1-4-5-17-11-18(6-7-19(17)26(33)34)23-13-24(31-14-30-23)29-8-9-32-15(2)10-20-16(3)22(28)12-21(27)25(20)32/h6-7,10-14H,4-5,8-9H2,1-3H3,(H,33,34)(H,29,30,31). The van der Waals surface area contributed by atoms with Crippen molar-refractivity contribution in [3.05, 3.63) is 75.9 Å². The van der Waals surface area contributed by atoms with Crippen molar-refractivity contribution in [2.24, 2.45) is 0 Å². The number of thiol groups is 1. The molecule has 0 aliphatic heterocycles. The fourth-order valence-corrected chi connectivity index (χ4v) is 4.79. The third-order valence-electron chi connectivity index (χ3n) is 6.01. The van der Waals surface area contributed by atoms with Crippen molar-refractivity contribution in [1.82, 2.24) is 14.5 Å². The van der Waals surface area contributed by atoms with E-state index in [1.807, 2.05) is 31.2 Å². The average Bonchev–Trinajstić information content (AvgIpc) is 3.14. The van der Waals surface area contributed by atoms with Crippen molar-refractivity contribution in [2.45, 2.75) is 40.2 Å². The number of nitrogens with zero attached hydrogens (tertiary/aromatic N) is 3. The van der Waals surface area contributed by atoms with E-state index in [2.05, 4.69) is 39.4 Å². The normalized spacial score (nSPS) is 11.2.